The summed E-state index contributed by atoms with van der Waals surface area (Å²) in [5.41, 5.74) is 11.6. The summed E-state index contributed by atoms with van der Waals surface area (Å²) in [4.78, 5) is 19.6. The van der Waals surface area contributed by atoms with Crippen molar-refractivity contribution in [1.82, 2.24) is 19.9 Å². The number of hydrogen-bond acceptors (Lipinski definition) is 5. The molecule has 2 aromatic heterocycles. The Hall–Kier alpha value is -6.25. The molecular weight excluding hydrogens is 671 g/mol. The average Bonchev–Trinajstić information content (AvgIpc) is 3.23. The maximum absolute atomic E-state index is 9.46. The van der Waals surface area contributed by atoms with Gasteiger partial charge in [0.05, 0.1) is 11.6 Å². The molecule has 5 aromatic carbocycles. The zero-order valence-corrected chi connectivity index (χ0v) is 31.4. The van der Waals surface area contributed by atoms with Crippen LogP contribution in [-0.2, 0) is 5.41 Å². The fourth-order valence-electron chi connectivity index (χ4n) is 9.64. The Balaban J connectivity index is 1.09. The fourth-order valence-corrected chi connectivity index (χ4v) is 9.64. The van der Waals surface area contributed by atoms with Gasteiger partial charge < -0.3 is 0 Å². The molecular formula is C50H43N5. The highest BCUT2D eigenvalue weighted by molar-refractivity contribution is 5.85. The van der Waals surface area contributed by atoms with Gasteiger partial charge in [0.15, 0.2) is 17.5 Å². The molecule has 5 nitrogen and oxygen atoms in total. The van der Waals surface area contributed by atoms with Crippen molar-refractivity contribution in [3.8, 4) is 73.6 Å². The van der Waals surface area contributed by atoms with E-state index in [9.17, 15) is 5.26 Å². The van der Waals surface area contributed by atoms with Crippen LogP contribution in [0, 0.1) is 29.1 Å². The van der Waals surface area contributed by atoms with Gasteiger partial charge in [0, 0.05) is 34.6 Å². The van der Waals surface area contributed by atoms with E-state index in [4.69, 9.17) is 15.0 Å². The van der Waals surface area contributed by atoms with Gasteiger partial charge in [-0.2, -0.15) is 5.26 Å². The number of aromatic nitrogens is 4. The maximum Gasteiger partial charge on any atom is 0.164 e. The highest BCUT2D eigenvalue weighted by atomic mass is 15.0. The molecule has 2 saturated carbocycles. The molecule has 4 atom stereocenters. The second-order valence-corrected chi connectivity index (χ2v) is 16.0. The summed E-state index contributed by atoms with van der Waals surface area (Å²) in [6.45, 7) is 4.91. The van der Waals surface area contributed by atoms with Crippen LogP contribution >= 0.6 is 0 Å². The molecule has 0 amide bonds. The predicted octanol–water partition coefficient (Wildman–Crippen LogP) is 12.2. The quantitative estimate of drug-likeness (QED) is 0.164. The van der Waals surface area contributed by atoms with Crippen molar-refractivity contribution in [2.75, 3.05) is 0 Å². The minimum atomic E-state index is 0.324. The number of benzene rings is 5. The van der Waals surface area contributed by atoms with E-state index in [1.54, 1.807) is 18.3 Å². The van der Waals surface area contributed by atoms with Crippen molar-refractivity contribution in [2.45, 2.75) is 51.4 Å². The number of nitrogens with zero attached hydrogens (tertiary/aromatic N) is 5. The van der Waals surface area contributed by atoms with Crippen molar-refractivity contribution in [2.24, 2.45) is 17.8 Å². The maximum atomic E-state index is 9.46. The Labute approximate surface area is 323 Å². The Morgan fingerprint density at radius 3 is 1.71 bits per heavy atom. The second-order valence-electron chi connectivity index (χ2n) is 16.0. The monoisotopic (exact) mass is 713 g/mol. The lowest BCUT2D eigenvalue weighted by Gasteiger charge is -2.50. The number of fused-ring (bicyclic) bond motifs is 2. The summed E-state index contributed by atoms with van der Waals surface area (Å²) in [7, 11) is 0. The molecule has 55 heavy (non-hydrogen) atoms. The van der Waals surface area contributed by atoms with E-state index in [1.165, 1.54) is 48.8 Å². The zero-order chi connectivity index (χ0) is 37.4. The Morgan fingerprint density at radius 2 is 1.09 bits per heavy atom. The first kappa shape index (κ1) is 34.5. The molecule has 2 heterocycles. The van der Waals surface area contributed by atoms with Gasteiger partial charge >= 0.3 is 0 Å². The third-order valence-corrected chi connectivity index (χ3v) is 11.9. The topological polar surface area (TPSA) is 75.3 Å². The number of pyridine rings is 1. The summed E-state index contributed by atoms with van der Waals surface area (Å²) < 4.78 is 0. The molecule has 268 valence electrons. The first-order valence-electron chi connectivity index (χ1n) is 19.5. The molecule has 7 aromatic rings. The van der Waals surface area contributed by atoms with Crippen LogP contribution in [-0.4, -0.2) is 19.9 Å². The predicted molar refractivity (Wildman–Crippen MR) is 222 cm³/mol. The highest BCUT2D eigenvalue weighted by Gasteiger charge is 2.45. The molecule has 0 radical (unpaired) electrons. The fraction of sp³-hybridized carbons (Fsp3) is 0.220. The molecule has 0 saturated heterocycles. The molecule has 0 N–H and O–H groups in total. The average molecular weight is 714 g/mol. The zero-order valence-electron chi connectivity index (χ0n) is 31.4. The number of rotatable bonds is 7. The van der Waals surface area contributed by atoms with Crippen LogP contribution < -0.4 is 0 Å². The van der Waals surface area contributed by atoms with Gasteiger partial charge in [-0.25, -0.2) is 15.0 Å². The van der Waals surface area contributed by atoms with Gasteiger partial charge in [-0.15, -0.1) is 0 Å². The van der Waals surface area contributed by atoms with Crippen LogP contribution in [0.1, 0.15) is 57.1 Å². The third-order valence-electron chi connectivity index (χ3n) is 11.9. The summed E-state index contributed by atoms with van der Waals surface area (Å²) in [5.74, 6) is 4.18. The molecule has 2 aliphatic carbocycles. The molecule has 0 spiro atoms. The third kappa shape index (κ3) is 6.97. The molecule has 2 aliphatic rings. The van der Waals surface area contributed by atoms with Crippen LogP contribution in [0.2, 0.25) is 0 Å². The lowest BCUT2D eigenvalue weighted by Crippen LogP contribution is -2.42. The van der Waals surface area contributed by atoms with E-state index in [-0.39, 0.29) is 0 Å². The molecule has 2 fully saturated rings. The largest absolute Gasteiger partial charge is 0.264 e. The number of nitriles is 1. The van der Waals surface area contributed by atoms with Crippen LogP contribution in [0.5, 0.6) is 0 Å². The molecule has 1 unspecified atom stereocenters. The minimum Gasteiger partial charge on any atom is -0.264 e. The van der Waals surface area contributed by atoms with Crippen LogP contribution in [0.25, 0.3) is 67.5 Å². The highest BCUT2D eigenvalue weighted by Crippen LogP contribution is 2.54. The van der Waals surface area contributed by atoms with E-state index >= 15 is 0 Å². The lowest BCUT2D eigenvalue weighted by atomic mass is 9.54. The molecule has 9 rings (SSSR count). The van der Waals surface area contributed by atoms with E-state index in [1.807, 2.05) is 42.6 Å². The normalized spacial score (nSPS) is 20.4. The SMILES string of the molecule is C[C@@H]1C[C@@H]2C[C@H](C)CC(c3ccc(-c4ccc(-c5nc(-c6ccc(C#N)cc6)nc(-c6ccc(-c7cccnc7)cc6-c6ccccc6)n5)cc4)cc3)(C1)C2. The standard InChI is InChI=1S/C50H43N5/c1-33-25-36-26-34(2)29-50(28-33,30-36)44-21-18-38(19-22-44)37-14-16-41(17-15-37)48-53-47(40-12-10-35(31-51)11-13-40)54-49(55-48)45-23-20-42(43-9-6-24-52-32-43)27-46(45)39-7-4-3-5-8-39/h3-24,27,32-34,36H,25-26,28-30H2,1-2H3/t33-,34+,36-,50?. The molecule has 2 bridgehead atoms. The Kier molecular flexibility index (Phi) is 9.12. The summed E-state index contributed by atoms with van der Waals surface area (Å²) in [6.07, 6.45) is 10.4. The van der Waals surface area contributed by atoms with Crippen molar-refractivity contribution in [1.29, 1.82) is 5.26 Å². The van der Waals surface area contributed by atoms with Gasteiger partial charge in [-0.1, -0.05) is 105 Å². The van der Waals surface area contributed by atoms with Gasteiger partial charge in [0.2, 0.25) is 0 Å². The van der Waals surface area contributed by atoms with Crippen molar-refractivity contribution in [3.05, 3.63) is 157 Å². The molecule has 0 aliphatic heterocycles. The summed E-state index contributed by atoms with van der Waals surface area (Å²) in [6, 6.07) is 48.4. The summed E-state index contributed by atoms with van der Waals surface area (Å²) >= 11 is 0. The number of hydrogen-bond donors (Lipinski definition) is 0. The van der Waals surface area contributed by atoms with E-state index in [0.29, 0.717) is 28.5 Å². The Bertz CT molecular complexity index is 2470. The first-order valence-corrected chi connectivity index (χ1v) is 19.5. The smallest absolute Gasteiger partial charge is 0.164 e. The van der Waals surface area contributed by atoms with Crippen LogP contribution in [0.3, 0.4) is 0 Å². The van der Waals surface area contributed by atoms with E-state index in [0.717, 1.165) is 56.7 Å². The summed E-state index contributed by atoms with van der Waals surface area (Å²) in [5, 5.41) is 9.46. The van der Waals surface area contributed by atoms with Gasteiger partial charge in [0.25, 0.3) is 0 Å². The van der Waals surface area contributed by atoms with Crippen LogP contribution in [0.4, 0.5) is 0 Å². The van der Waals surface area contributed by atoms with Gasteiger partial charge in [0.1, 0.15) is 0 Å². The second kappa shape index (κ2) is 14.5. The van der Waals surface area contributed by atoms with Crippen LogP contribution in [0.15, 0.2) is 146 Å². The van der Waals surface area contributed by atoms with Crippen molar-refractivity contribution >= 4 is 0 Å². The molecule has 5 heteroatoms. The minimum absolute atomic E-state index is 0.324. The van der Waals surface area contributed by atoms with Gasteiger partial charge in [-0.05, 0) is 131 Å². The first-order chi connectivity index (χ1) is 26.9. The Morgan fingerprint density at radius 1 is 0.527 bits per heavy atom. The lowest BCUT2D eigenvalue weighted by molar-refractivity contribution is 0.0780. The van der Waals surface area contributed by atoms with E-state index < -0.39 is 0 Å². The van der Waals surface area contributed by atoms with E-state index in [2.05, 4.69) is 110 Å². The van der Waals surface area contributed by atoms with Crippen molar-refractivity contribution in [3.63, 3.8) is 0 Å². The van der Waals surface area contributed by atoms with Gasteiger partial charge in [-0.3, -0.25) is 4.98 Å². The van der Waals surface area contributed by atoms with Crippen molar-refractivity contribution < 1.29 is 0 Å².